The van der Waals surface area contributed by atoms with Crippen LogP contribution >= 0.6 is 0 Å². The molecule has 0 saturated carbocycles. The summed E-state index contributed by atoms with van der Waals surface area (Å²) in [5.74, 6) is -1.61. The predicted octanol–water partition coefficient (Wildman–Crippen LogP) is 4.70. The largest absolute Gasteiger partial charge is 0.381 e. The van der Waals surface area contributed by atoms with Crippen molar-refractivity contribution >= 4 is 5.69 Å². The highest BCUT2D eigenvalue weighted by Gasteiger charge is 2.07. The zero-order valence-electron chi connectivity index (χ0n) is 11.8. The zero-order chi connectivity index (χ0) is 14.5. The van der Waals surface area contributed by atoms with Crippen molar-refractivity contribution in [3.63, 3.8) is 0 Å². The van der Waals surface area contributed by atoms with Crippen molar-refractivity contribution in [2.45, 2.75) is 33.2 Å². The maximum atomic E-state index is 13.2. The first-order valence-corrected chi connectivity index (χ1v) is 6.94. The van der Waals surface area contributed by atoms with E-state index in [0.717, 1.165) is 24.1 Å². The van der Waals surface area contributed by atoms with Gasteiger partial charge in [-0.15, -0.1) is 0 Å². The van der Waals surface area contributed by atoms with Gasteiger partial charge in [0.05, 0.1) is 0 Å². The standard InChI is InChI=1S/C17H19F2N/c1-3-13-6-5-7-14(4-2)17(13)20-11-12-8-9-15(18)16(19)10-12/h5-10,20H,3-4,11H2,1-2H3. The molecule has 0 spiro atoms. The van der Waals surface area contributed by atoms with Crippen LogP contribution in [-0.2, 0) is 19.4 Å². The highest BCUT2D eigenvalue weighted by molar-refractivity contribution is 5.58. The molecule has 0 radical (unpaired) electrons. The molecular weight excluding hydrogens is 256 g/mol. The van der Waals surface area contributed by atoms with Gasteiger partial charge in [-0.3, -0.25) is 0 Å². The summed E-state index contributed by atoms with van der Waals surface area (Å²) in [5, 5.41) is 3.36. The van der Waals surface area contributed by atoms with Crippen LogP contribution in [0.2, 0.25) is 0 Å². The molecule has 0 amide bonds. The maximum absolute atomic E-state index is 13.2. The molecule has 0 unspecified atom stereocenters. The summed E-state index contributed by atoms with van der Waals surface area (Å²) < 4.78 is 26.1. The summed E-state index contributed by atoms with van der Waals surface area (Å²) in [4.78, 5) is 0. The molecule has 20 heavy (non-hydrogen) atoms. The molecule has 3 heteroatoms. The Morgan fingerprint density at radius 2 is 1.55 bits per heavy atom. The summed E-state index contributed by atoms with van der Waals surface area (Å²) in [7, 11) is 0. The van der Waals surface area contributed by atoms with Gasteiger partial charge in [0.1, 0.15) is 0 Å². The predicted molar refractivity (Wildman–Crippen MR) is 78.9 cm³/mol. The van der Waals surface area contributed by atoms with E-state index in [1.165, 1.54) is 23.3 Å². The van der Waals surface area contributed by atoms with E-state index in [0.29, 0.717) is 6.54 Å². The molecule has 2 aromatic rings. The fourth-order valence-corrected chi connectivity index (χ4v) is 2.31. The molecule has 2 rings (SSSR count). The van der Waals surface area contributed by atoms with Crippen molar-refractivity contribution in [2.24, 2.45) is 0 Å². The summed E-state index contributed by atoms with van der Waals surface area (Å²) in [6.45, 7) is 4.70. The van der Waals surface area contributed by atoms with Crippen molar-refractivity contribution in [1.82, 2.24) is 0 Å². The Kier molecular flexibility index (Phi) is 4.72. The van der Waals surface area contributed by atoms with Gasteiger partial charge in [-0.05, 0) is 41.7 Å². The van der Waals surface area contributed by atoms with E-state index in [1.54, 1.807) is 6.07 Å². The van der Waals surface area contributed by atoms with Crippen LogP contribution in [0.25, 0.3) is 0 Å². The molecular formula is C17H19F2N. The van der Waals surface area contributed by atoms with Gasteiger partial charge in [0.15, 0.2) is 11.6 Å². The summed E-state index contributed by atoms with van der Waals surface area (Å²) in [6, 6.07) is 10.2. The molecule has 1 nitrogen and oxygen atoms in total. The second-order valence-electron chi connectivity index (χ2n) is 4.76. The third kappa shape index (κ3) is 3.16. The molecule has 0 fully saturated rings. The van der Waals surface area contributed by atoms with Crippen LogP contribution in [0.5, 0.6) is 0 Å². The van der Waals surface area contributed by atoms with Gasteiger partial charge in [0.25, 0.3) is 0 Å². The van der Waals surface area contributed by atoms with Crippen molar-refractivity contribution in [3.05, 3.63) is 64.7 Å². The first-order valence-electron chi connectivity index (χ1n) is 6.94. The Morgan fingerprint density at radius 3 is 2.10 bits per heavy atom. The highest BCUT2D eigenvalue weighted by Crippen LogP contribution is 2.23. The molecule has 0 heterocycles. The van der Waals surface area contributed by atoms with Gasteiger partial charge in [0, 0.05) is 12.2 Å². The van der Waals surface area contributed by atoms with Gasteiger partial charge in [-0.2, -0.15) is 0 Å². The van der Waals surface area contributed by atoms with Crippen molar-refractivity contribution < 1.29 is 8.78 Å². The van der Waals surface area contributed by atoms with Crippen LogP contribution in [0.4, 0.5) is 14.5 Å². The lowest BCUT2D eigenvalue weighted by Crippen LogP contribution is -2.05. The minimum absolute atomic E-state index is 0.487. The van der Waals surface area contributed by atoms with E-state index in [4.69, 9.17) is 0 Å². The molecule has 0 atom stereocenters. The summed E-state index contributed by atoms with van der Waals surface area (Å²) in [5.41, 5.74) is 4.33. The molecule has 0 aliphatic carbocycles. The lowest BCUT2D eigenvalue weighted by molar-refractivity contribution is 0.507. The van der Waals surface area contributed by atoms with Gasteiger partial charge in [-0.1, -0.05) is 38.1 Å². The number of hydrogen-bond acceptors (Lipinski definition) is 1. The minimum Gasteiger partial charge on any atom is -0.381 e. The monoisotopic (exact) mass is 275 g/mol. The van der Waals surface area contributed by atoms with E-state index in [2.05, 4.69) is 37.4 Å². The maximum Gasteiger partial charge on any atom is 0.159 e. The Morgan fingerprint density at radius 1 is 0.900 bits per heavy atom. The van der Waals surface area contributed by atoms with E-state index in [9.17, 15) is 8.78 Å². The van der Waals surface area contributed by atoms with E-state index >= 15 is 0 Å². The molecule has 106 valence electrons. The Hall–Kier alpha value is -1.90. The van der Waals surface area contributed by atoms with Gasteiger partial charge >= 0.3 is 0 Å². The fraction of sp³-hybridized carbons (Fsp3) is 0.294. The number of hydrogen-bond donors (Lipinski definition) is 1. The lowest BCUT2D eigenvalue weighted by atomic mass is 10.0. The van der Waals surface area contributed by atoms with Crippen LogP contribution in [0, 0.1) is 11.6 Å². The Balaban J connectivity index is 2.19. The average Bonchev–Trinajstić information content (AvgIpc) is 2.48. The van der Waals surface area contributed by atoms with E-state index < -0.39 is 11.6 Å². The van der Waals surface area contributed by atoms with Crippen LogP contribution in [0.1, 0.15) is 30.5 Å². The molecule has 1 N–H and O–H groups in total. The molecule has 0 aromatic heterocycles. The topological polar surface area (TPSA) is 12.0 Å². The van der Waals surface area contributed by atoms with Crippen LogP contribution in [0.3, 0.4) is 0 Å². The van der Waals surface area contributed by atoms with Gasteiger partial charge < -0.3 is 5.32 Å². The SMILES string of the molecule is CCc1cccc(CC)c1NCc1ccc(F)c(F)c1. The first-order chi connectivity index (χ1) is 9.65. The Bertz CT molecular complexity index is 571. The number of anilines is 1. The van der Waals surface area contributed by atoms with Crippen molar-refractivity contribution in [1.29, 1.82) is 0 Å². The van der Waals surface area contributed by atoms with E-state index in [1.807, 2.05) is 0 Å². The second kappa shape index (κ2) is 6.51. The quantitative estimate of drug-likeness (QED) is 0.834. The number of aryl methyl sites for hydroxylation is 2. The van der Waals surface area contributed by atoms with Gasteiger partial charge in [0.2, 0.25) is 0 Å². The van der Waals surface area contributed by atoms with Crippen molar-refractivity contribution in [3.8, 4) is 0 Å². The van der Waals surface area contributed by atoms with E-state index in [-0.39, 0.29) is 0 Å². The fourth-order valence-electron chi connectivity index (χ4n) is 2.31. The molecule has 0 aliphatic rings. The zero-order valence-corrected chi connectivity index (χ0v) is 11.8. The smallest absolute Gasteiger partial charge is 0.159 e. The number of para-hydroxylation sites is 1. The molecule has 0 aliphatic heterocycles. The second-order valence-corrected chi connectivity index (χ2v) is 4.76. The third-order valence-electron chi connectivity index (χ3n) is 3.45. The van der Waals surface area contributed by atoms with Gasteiger partial charge in [-0.25, -0.2) is 8.78 Å². The summed E-state index contributed by atoms with van der Waals surface area (Å²) in [6.07, 6.45) is 1.88. The number of halogens is 2. The lowest BCUT2D eigenvalue weighted by Gasteiger charge is -2.15. The summed E-state index contributed by atoms with van der Waals surface area (Å²) >= 11 is 0. The minimum atomic E-state index is -0.808. The van der Waals surface area contributed by atoms with Crippen LogP contribution < -0.4 is 5.32 Å². The third-order valence-corrected chi connectivity index (χ3v) is 3.45. The number of rotatable bonds is 5. The number of nitrogens with one attached hydrogen (secondary N) is 1. The average molecular weight is 275 g/mol. The first kappa shape index (κ1) is 14.5. The highest BCUT2D eigenvalue weighted by atomic mass is 19.2. The normalized spacial score (nSPS) is 10.6. The van der Waals surface area contributed by atoms with Crippen molar-refractivity contribution in [2.75, 3.05) is 5.32 Å². The molecule has 0 saturated heterocycles. The number of benzene rings is 2. The molecule has 0 bridgehead atoms. The Labute approximate surface area is 118 Å². The van der Waals surface area contributed by atoms with Crippen LogP contribution in [-0.4, -0.2) is 0 Å². The van der Waals surface area contributed by atoms with Crippen LogP contribution in [0.15, 0.2) is 36.4 Å². The molecule has 2 aromatic carbocycles.